The molecule has 0 aromatic heterocycles. The summed E-state index contributed by atoms with van der Waals surface area (Å²) in [5.74, 6) is -0.289. The molecule has 0 saturated heterocycles. The summed E-state index contributed by atoms with van der Waals surface area (Å²) in [7, 11) is 1.66. The van der Waals surface area contributed by atoms with Gasteiger partial charge in [0.2, 0.25) is 0 Å². The number of aliphatic hydroxyl groups is 1. The maximum Gasteiger partial charge on any atom is 0.171 e. The van der Waals surface area contributed by atoms with Gasteiger partial charge in [0.05, 0.1) is 6.10 Å². The van der Waals surface area contributed by atoms with Crippen molar-refractivity contribution in [3.05, 3.63) is 0 Å². The molecule has 4 heteroatoms. The van der Waals surface area contributed by atoms with E-state index in [1.54, 1.807) is 13.4 Å². The molecule has 3 atom stereocenters. The van der Waals surface area contributed by atoms with E-state index < -0.39 is 4.93 Å². The standard InChI is InChI=1S/C11H22O3S.2C2H6/c1-6-10(14-4)7-8(2)11(13,15-5)9(3)12;2*1-2/h8,10,13H,6-7H2,1-5H3;2*1-2H3/t8-,10-,11?;;/m1../s1. The lowest BCUT2D eigenvalue weighted by atomic mass is 9.93. The van der Waals surface area contributed by atoms with E-state index in [-0.39, 0.29) is 17.8 Å². The molecule has 0 aliphatic rings. The van der Waals surface area contributed by atoms with E-state index in [0.717, 1.165) is 6.42 Å². The molecule has 0 aliphatic heterocycles. The van der Waals surface area contributed by atoms with Gasteiger partial charge in [-0.2, -0.15) is 0 Å². The van der Waals surface area contributed by atoms with Gasteiger partial charge in [0.1, 0.15) is 0 Å². The van der Waals surface area contributed by atoms with Gasteiger partial charge in [0, 0.05) is 13.0 Å². The summed E-state index contributed by atoms with van der Waals surface area (Å²) < 4.78 is 5.26. The van der Waals surface area contributed by atoms with Crippen molar-refractivity contribution in [2.45, 2.75) is 72.3 Å². The minimum Gasteiger partial charge on any atom is -0.381 e. The normalized spacial score (nSPS) is 15.9. The van der Waals surface area contributed by atoms with Crippen LogP contribution >= 0.6 is 11.8 Å². The number of hydrogen-bond donors (Lipinski definition) is 1. The Morgan fingerprint density at radius 1 is 1.32 bits per heavy atom. The van der Waals surface area contributed by atoms with Crippen LogP contribution in [0.1, 0.15) is 61.3 Å². The Morgan fingerprint density at radius 3 is 1.95 bits per heavy atom. The van der Waals surface area contributed by atoms with Crippen LogP contribution in [0, 0.1) is 5.92 Å². The molecule has 0 fully saturated rings. The largest absolute Gasteiger partial charge is 0.381 e. The average molecular weight is 295 g/mol. The summed E-state index contributed by atoms with van der Waals surface area (Å²) in [5.41, 5.74) is 0. The fourth-order valence-corrected chi connectivity index (χ4v) is 2.46. The fourth-order valence-electron chi connectivity index (χ4n) is 1.68. The highest BCUT2D eigenvalue weighted by molar-refractivity contribution is 8.00. The molecular formula is C15H34O3S. The quantitative estimate of drug-likeness (QED) is 0.717. The summed E-state index contributed by atoms with van der Waals surface area (Å²) >= 11 is 1.20. The van der Waals surface area contributed by atoms with Crippen LogP contribution in [0.3, 0.4) is 0 Å². The van der Waals surface area contributed by atoms with E-state index in [1.807, 2.05) is 41.5 Å². The number of rotatable bonds is 7. The van der Waals surface area contributed by atoms with Crippen LogP contribution in [0.2, 0.25) is 0 Å². The highest BCUT2D eigenvalue weighted by Crippen LogP contribution is 2.33. The molecule has 0 aromatic carbocycles. The first kappa shape index (κ1) is 24.0. The molecule has 0 heterocycles. The average Bonchev–Trinajstić information content (AvgIpc) is 2.47. The number of methoxy groups -OCH3 is 1. The third-order valence-corrected chi connectivity index (χ3v) is 4.20. The van der Waals surface area contributed by atoms with Crippen LogP contribution in [0.4, 0.5) is 0 Å². The molecule has 0 saturated carbocycles. The zero-order valence-corrected chi connectivity index (χ0v) is 15.1. The Morgan fingerprint density at radius 2 is 1.74 bits per heavy atom. The zero-order chi connectivity index (χ0) is 16.1. The van der Waals surface area contributed by atoms with Gasteiger partial charge < -0.3 is 9.84 Å². The molecule has 0 bridgehead atoms. The SMILES string of the molecule is CC.CC.CC[C@H](C[C@@H](C)C(O)(SC)C(C)=O)OC. The Bertz CT molecular complexity index is 206. The number of hydrogen-bond acceptors (Lipinski definition) is 4. The molecule has 1 unspecified atom stereocenters. The number of ether oxygens (including phenoxy) is 1. The van der Waals surface area contributed by atoms with Gasteiger partial charge >= 0.3 is 0 Å². The first-order chi connectivity index (χ1) is 8.92. The molecule has 0 rings (SSSR count). The summed E-state index contributed by atoms with van der Waals surface area (Å²) in [6.45, 7) is 13.4. The van der Waals surface area contributed by atoms with E-state index in [1.165, 1.54) is 18.7 Å². The van der Waals surface area contributed by atoms with Crippen LogP contribution in [-0.2, 0) is 9.53 Å². The van der Waals surface area contributed by atoms with Gasteiger partial charge in [-0.15, -0.1) is 11.8 Å². The molecule has 0 aromatic rings. The number of thioether (sulfide) groups is 1. The minimum absolute atomic E-state index is 0.102. The second-order valence-electron chi connectivity index (χ2n) is 3.86. The van der Waals surface area contributed by atoms with Crippen molar-refractivity contribution < 1.29 is 14.6 Å². The second kappa shape index (κ2) is 14.4. The van der Waals surface area contributed by atoms with Crippen molar-refractivity contribution in [2.24, 2.45) is 5.92 Å². The van der Waals surface area contributed by atoms with E-state index in [4.69, 9.17) is 4.74 Å². The molecular weight excluding hydrogens is 260 g/mol. The molecule has 1 N–H and O–H groups in total. The zero-order valence-electron chi connectivity index (χ0n) is 14.2. The minimum atomic E-state index is -1.27. The fraction of sp³-hybridized carbons (Fsp3) is 0.933. The number of carbonyl (C=O) groups excluding carboxylic acids is 1. The molecule has 118 valence electrons. The highest BCUT2D eigenvalue weighted by atomic mass is 32.2. The van der Waals surface area contributed by atoms with E-state index in [2.05, 4.69) is 0 Å². The van der Waals surface area contributed by atoms with Crippen LogP contribution in [-0.4, -0.2) is 35.3 Å². The second-order valence-corrected chi connectivity index (χ2v) is 4.89. The summed E-state index contributed by atoms with van der Waals surface area (Å²) in [4.78, 5) is 10.1. The first-order valence-electron chi connectivity index (χ1n) is 7.23. The molecule has 19 heavy (non-hydrogen) atoms. The van der Waals surface area contributed by atoms with Gasteiger partial charge in [-0.3, -0.25) is 4.79 Å². The number of ketones is 1. The lowest BCUT2D eigenvalue weighted by Gasteiger charge is -2.31. The topological polar surface area (TPSA) is 46.5 Å². The maximum atomic E-state index is 11.4. The number of carbonyl (C=O) groups is 1. The van der Waals surface area contributed by atoms with Gasteiger partial charge in [0.25, 0.3) is 0 Å². The monoisotopic (exact) mass is 294 g/mol. The lowest BCUT2D eigenvalue weighted by Crippen LogP contribution is -2.41. The van der Waals surface area contributed by atoms with Gasteiger partial charge in [-0.05, 0) is 26.0 Å². The Labute approximate surface area is 124 Å². The van der Waals surface area contributed by atoms with Crippen LogP contribution in [0.5, 0.6) is 0 Å². The van der Waals surface area contributed by atoms with Crippen molar-refractivity contribution in [3.63, 3.8) is 0 Å². The summed E-state index contributed by atoms with van der Waals surface area (Å²) in [6, 6.07) is 0. The van der Waals surface area contributed by atoms with Crippen molar-refractivity contribution in [1.29, 1.82) is 0 Å². The van der Waals surface area contributed by atoms with Crippen molar-refractivity contribution >= 4 is 17.5 Å². The summed E-state index contributed by atoms with van der Waals surface area (Å²) in [5, 5.41) is 10.2. The van der Waals surface area contributed by atoms with Crippen LogP contribution < -0.4 is 0 Å². The predicted molar refractivity (Wildman–Crippen MR) is 86.7 cm³/mol. The van der Waals surface area contributed by atoms with Crippen molar-refractivity contribution in [2.75, 3.05) is 13.4 Å². The highest BCUT2D eigenvalue weighted by Gasteiger charge is 2.38. The third-order valence-electron chi connectivity index (χ3n) is 2.89. The smallest absolute Gasteiger partial charge is 0.171 e. The van der Waals surface area contributed by atoms with Gasteiger partial charge in [-0.25, -0.2) is 0 Å². The van der Waals surface area contributed by atoms with Crippen LogP contribution in [0.25, 0.3) is 0 Å². The third kappa shape index (κ3) is 8.66. The molecule has 3 nitrogen and oxygen atoms in total. The van der Waals surface area contributed by atoms with Crippen LogP contribution in [0.15, 0.2) is 0 Å². The van der Waals surface area contributed by atoms with Gasteiger partial charge in [-0.1, -0.05) is 41.5 Å². The molecule has 0 aliphatic carbocycles. The molecule has 0 radical (unpaired) electrons. The molecule has 0 spiro atoms. The lowest BCUT2D eigenvalue weighted by molar-refractivity contribution is -0.131. The first-order valence-corrected chi connectivity index (χ1v) is 8.46. The van der Waals surface area contributed by atoms with Crippen molar-refractivity contribution in [1.82, 2.24) is 0 Å². The maximum absolute atomic E-state index is 11.4. The Hall–Kier alpha value is -0.0600. The van der Waals surface area contributed by atoms with Gasteiger partial charge in [0.15, 0.2) is 10.7 Å². The van der Waals surface area contributed by atoms with E-state index in [0.29, 0.717) is 6.42 Å². The number of Topliss-reactive ketones (excluding diaryl/α,β-unsaturated/α-hetero) is 1. The Kier molecular flexibility index (Phi) is 18.1. The predicted octanol–water partition coefficient (Wildman–Crippen LogP) is 4.13. The van der Waals surface area contributed by atoms with E-state index >= 15 is 0 Å². The van der Waals surface area contributed by atoms with E-state index in [9.17, 15) is 9.90 Å². The Balaban J connectivity index is -0.000000579. The summed E-state index contributed by atoms with van der Waals surface area (Å²) in [6.07, 6.45) is 3.46. The molecule has 0 amide bonds. The van der Waals surface area contributed by atoms with Crippen molar-refractivity contribution in [3.8, 4) is 0 Å².